The van der Waals surface area contributed by atoms with Gasteiger partial charge in [-0.05, 0) is 49.1 Å². The van der Waals surface area contributed by atoms with E-state index in [2.05, 4.69) is 10.0 Å². The van der Waals surface area contributed by atoms with Gasteiger partial charge < -0.3 is 10.1 Å². The molecular weight excluding hydrogens is 458 g/mol. The predicted molar refractivity (Wildman–Crippen MR) is 128 cm³/mol. The van der Waals surface area contributed by atoms with Crippen LogP contribution in [0.4, 0.5) is 11.4 Å². The number of nitro groups is 1. The molecule has 0 bridgehead atoms. The van der Waals surface area contributed by atoms with Crippen molar-refractivity contribution in [1.29, 1.82) is 0 Å². The van der Waals surface area contributed by atoms with Crippen LogP contribution in [0.5, 0.6) is 5.75 Å². The minimum atomic E-state index is -4.16. The van der Waals surface area contributed by atoms with E-state index in [1.807, 2.05) is 6.07 Å². The van der Waals surface area contributed by atoms with E-state index >= 15 is 0 Å². The number of carbonyl (C=O) groups is 1. The van der Waals surface area contributed by atoms with Gasteiger partial charge in [0, 0.05) is 12.1 Å². The van der Waals surface area contributed by atoms with E-state index in [1.54, 1.807) is 50.2 Å². The Kier molecular flexibility index (Phi) is 7.64. The van der Waals surface area contributed by atoms with E-state index in [1.165, 1.54) is 31.4 Å². The first kappa shape index (κ1) is 24.9. The summed E-state index contributed by atoms with van der Waals surface area (Å²) in [5.41, 5.74) is 2.07. The van der Waals surface area contributed by atoms with Gasteiger partial charge in [0.05, 0.1) is 17.7 Å². The Hall–Kier alpha value is -3.76. The van der Waals surface area contributed by atoms with Crippen molar-refractivity contribution in [2.45, 2.75) is 31.2 Å². The summed E-state index contributed by atoms with van der Waals surface area (Å²) >= 11 is 0. The van der Waals surface area contributed by atoms with Gasteiger partial charge in [-0.1, -0.05) is 42.5 Å². The van der Waals surface area contributed by atoms with E-state index in [9.17, 15) is 23.3 Å². The predicted octanol–water partition coefficient (Wildman–Crippen LogP) is 3.75. The van der Waals surface area contributed by atoms with Crippen LogP contribution in [0.3, 0.4) is 0 Å². The lowest BCUT2D eigenvalue weighted by Crippen LogP contribution is -2.45. The average Bonchev–Trinajstić information content (AvgIpc) is 2.80. The summed E-state index contributed by atoms with van der Waals surface area (Å²) < 4.78 is 34.2. The molecule has 0 heterocycles. The summed E-state index contributed by atoms with van der Waals surface area (Å²) in [7, 11) is -2.79. The second kappa shape index (κ2) is 10.4. The number of nitro benzene ring substituents is 1. The first-order valence-electron chi connectivity index (χ1n) is 10.4. The molecule has 9 nitrogen and oxygen atoms in total. The highest BCUT2D eigenvalue weighted by molar-refractivity contribution is 7.89. The van der Waals surface area contributed by atoms with Crippen molar-refractivity contribution in [3.8, 4) is 5.75 Å². The van der Waals surface area contributed by atoms with Crippen LogP contribution in [0.15, 0.2) is 71.6 Å². The average molecular weight is 484 g/mol. The number of hydrogen-bond donors (Lipinski definition) is 2. The highest BCUT2D eigenvalue weighted by Gasteiger charge is 2.29. The normalized spacial score (nSPS) is 12.1. The van der Waals surface area contributed by atoms with Crippen molar-refractivity contribution < 1.29 is 22.9 Å². The molecule has 3 aromatic rings. The number of rotatable bonds is 9. The molecule has 178 valence electrons. The number of methoxy groups -OCH3 is 1. The molecule has 0 aliphatic rings. The van der Waals surface area contributed by atoms with Crippen molar-refractivity contribution in [1.82, 2.24) is 4.72 Å². The van der Waals surface area contributed by atoms with Crippen molar-refractivity contribution >= 4 is 27.3 Å². The van der Waals surface area contributed by atoms with Crippen LogP contribution >= 0.6 is 0 Å². The van der Waals surface area contributed by atoms with Crippen molar-refractivity contribution in [3.63, 3.8) is 0 Å². The third kappa shape index (κ3) is 5.97. The number of amides is 1. The summed E-state index contributed by atoms with van der Waals surface area (Å²) in [6.07, 6.45) is 0.0635. The van der Waals surface area contributed by atoms with Gasteiger partial charge in [0.25, 0.3) is 5.69 Å². The van der Waals surface area contributed by atoms with E-state index in [4.69, 9.17) is 4.74 Å². The Bertz CT molecular complexity index is 1310. The standard InChI is InChI=1S/C24H25N3O6S/c1-16-9-12-22(33-3)23(13-16)34(31,32)26-21(14-18-7-5-4-6-8-18)24(28)25-20-15-19(27(29)30)11-10-17(20)2/h4-13,15,21,26H,14H2,1-3H3,(H,25,28). The summed E-state index contributed by atoms with van der Waals surface area (Å²) in [4.78, 5) is 23.7. The third-order valence-electron chi connectivity index (χ3n) is 5.20. The molecule has 1 amide bonds. The maximum absolute atomic E-state index is 13.3. The molecule has 0 aliphatic carbocycles. The van der Waals surface area contributed by atoms with Crippen LogP contribution in [-0.2, 0) is 21.2 Å². The molecule has 0 radical (unpaired) electrons. The highest BCUT2D eigenvalue weighted by Crippen LogP contribution is 2.26. The molecular formula is C24H25N3O6S. The van der Waals surface area contributed by atoms with Crippen LogP contribution in [0.1, 0.15) is 16.7 Å². The van der Waals surface area contributed by atoms with Gasteiger partial charge in [0.15, 0.2) is 0 Å². The van der Waals surface area contributed by atoms with Crippen LogP contribution in [0.25, 0.3) is 0 Å². The number of nitrogens with one attached hydrogen (secondary N) is 2. The molecule has 0 aromatic heterocycles. The number of nitrogens with zero attached hydrogens (tertiary/aromatic N) is 1. The summed E-state index contributed by atoms with van der Waals surface area (Å²) in [5.74, 6) is -0.505. The van der Waals surface area contributed by atoms with E-state index in [-0.39, 0.29) is 28.4 Å². The fourth-order valence-electron chi connectivity index (χ4n) is 3.36. The van der Waals surface area contributed by atoms with Crippen LogP contribution in [-0.4, -0.2) is 32.4 Å². The Balaban J connectivity index is 1.96. The van der Waals surface area contributed by atoms with Gasteiger partial charge in [-0.25, -0.2) is 8.42 Å². The number of ether oxygens (including phenoxy) is 1. The molecule has 0 spiro atoms. The molecule has 0 aliphatic heterocycles. The molecule has 34 heavy (non-hydrogen) atoms. The first-order valence-corrected chi connectivity index (χ1v) is 11.9. The van der Waals surface area contributed by atoms with Crippen molar-refractivity contribution in [2.75, 3.05) is 12.4 Å². The molecule has 0 fully saturated rings. The Morgan fingerprint density at radius 1 is 1.06 bits per heavy atom. The summed E-state index contributed by atoms with van der Waals surface area (Å²) in [5, 5.41) is 13.8. The maximum Gasteiger partial charge on any atom is 0.271 e. The number of aryl methyl sites for hydroxylation is 2. The molecule has 0 saturated carbocycles. The highest BCUT2D eigenvalue weighted by atomic mass is 32.2. The van der Waals surface area contributed by atoms with E-state index < -0.39 is 26.9 Å². The fourth-order valence-corrected chi connectivity index (χ4v) is 4.81. The Morgan fingerprint density at radius 3 is 2.41 bits per heavy atom. The molecule has 2 N–H and O–H groups in total. The lowest BCUT2D eigenvalue weighted by atomic mass is 10.1. The first-order chi connectivity index (χ1) is 16.1. The lowest BCUT2D eigenvalue weighted by Gasteiger charge is -2.20. The summed E-state index contributed by atoms with van der Waals surface area (Å²) in [6, 6.07) is 16.6. The van der Waals surface area contributed by atoms with Gasteiger partial charge in [-0.3, -0.25) is 14.9 Å². The lowest BCUT2D eigenvalue weighted by molar-refractivity contribution is -0.384. The smallest absolute Gasteiger partial charge is 0.271 e. The maximum atomic E-state index is 13.3. The van der Waals surface area contributed by atoms with Gasteiger partial charge in [-0.15, -0.1) is 0 Å². The van der Waals surface area contributed by atoms with E-state index in [0.29, 0.717) is 11.1 Å². The molecule has 10 heteroatoms. The van der Waals surface area contributed by atoms with Crippen molar-refractivity contribution in [2.24, 2.45) is 0 Å². The topological polar surface area (TPSA) is 128 Å². The molecule has 3 aromatic carbocycles. The second-order valence-corrected chi connectivity index (χ2v) is 9.45. The Morgan fingerprint density at radius 2 is 1.76 bits per heavy atom. The third-order valence-corrected chi connectivity index (χ3v) is 6.69. The fraction of sp³-hybridized carbons (Fsp3) is 0.208. The number of hydrogen-bond acceptors (Lipinski definition) is 6. The SMILES string of the molecule is COc1ccc(C)cc1S(=O)(=O)NC(Cc1ccccc1)C(=O)Nc1cc([N+](=O)[O-])ccc1C. The number of non-ortho nitro benzene ring substituents is 1. The minimum Gasteiger partial charge on any atom is -0.495 e. The van der Waals surface area contributed by atoms with Gasteiger partial charge in [-0.2, -0.15) is 4.72 Å². The number of carbonyl (C=O) groups excluding carboxylic acids is 1. The molecule has 1 unspecified atom stereocenters. The number of benzene rings is 3. The number of anilines is 1. The van der Waals surface area contributed by atoms with Gasteiger partial charge >= 0.3 is 0 Å². The largest absolute Gasteiger partial charge is 0.495 e. The van der Waals surface area contributed by atoms with Crippen LogP contribution in [0, 0.1) is 24.0 Å². The Labute approximate surface area is 198 Å². The van der Waals surface area contributed by atoms with E-state index in [0.717, 1.165) is 5.56 Å². The second-order valence-electron chi connectivity index (χ2n) is 7.76. The van der Waals surface area contributed by atoms with Crippen LogP contribution < -0.4 is 14.8 Å². The van der Waals surface area contributed by atoms with Gasteiger partial charge in [0.1, 0.15) is 16.7 Å². The minimum absolute atomic E-state index is 0.0635. The zero-order chi connectivity index (χ0) is 24.9. The zero-order valence-electron chi connectivity index (χ0n) is 18.9. The molecule has 1 atom stereocenters. The number of sulfonamides is 1. The molecule has 3 rings (SSSR count). The zero-order valence-corrected chi connectivity index (χ0v) is 19.8. The summed E-state index contributed by atoms with van der Waals surface area (Å²) in [6.45, 7) is 3.44. The van der Waals surface area contributed by atoms with Crippen molar-refractivity contribution in [3.05, 3.63) is 93.5 Å². The van der Waals surface area contributed by atoms with Gasteiger partial charge in [0.2, 0.25) is 15.9 Å². The monoisotopic (exact) mass is 483 g/mol. The van der Waals surface area contributed by atoms with Crippen LogP contribution in [0.2, 0.25) is 0 Å². The molecule has 0 saturated heterocycles. The quantitative estimate of drug-likeness (QED) is 0.352.